The second-order valence-corrected chi connectivity index (χ2v) is 7.73. The maximum atomic E-state index is 12.6. The Labute approximate surface area is 168 Å². The van der Waals surface area contributed by atoms with Crippen molar-refractivity contribution in [3.8, 4) is 0 Å². The summed E-state index contributed by atoms with van der Waals surface area (Å²) >= 11 is 1.52. The van der Waals surface area contributed by atoms with Gasteiger partial charge in [-0.2, -0.15) is 0 Å². The summed E-state index contributed by atoms with van der Waals surface area (Å²) < 4.78 is 0. The van der Waals surface area contributed by atoms with Crippen LogP contribution in [-0.4, -0.2) is 49.0 Å². The molecule has 2 aromatic carbocycles. The number of piperazine rings is 1. The van der Waals surface area contributed by atoms with Gasteiger partial charge in [-0.1, -0.05) is 6.07 Å². The summed E-state index contributed by atoms with van der Waals surface area (Å²) in [5.41, 5.74) is 3.43. The Bertz CT molecular complexity index is 918. The van der Waals surface area contributed by atoms with E-state index in [9.17, 15) is 4.79 Å². The van der Waals surface area contributed by atoms with E-state index in [2.05, 4.69) is 44.6 Å². The van der Waals surface area contributed by atoms with Crippen LogP contribution in [0.2, 0.25) is 0 Å². The van der Waals surface area contributed by atoms with Gasteiger partial charge >= 0.3 is 0 Å². The molecule has 0 saturated carbocycles. The third kappa shape index (κ3) is 4.49. The summed E-state index contributed by atoms with van der Waals surface area (Å²) in [4.78, 5) is 21.5. The Kier molecular flexibility index (Phi) is 5.55. The molecule has 28 heavy (non-hydrogen) atoms. The van der Waals surface area contributed by atoms with E-state index in [4.69, 9.17) is 0 Å². The molecule has 1 aliphatic rings. The number of likely N-dealkylation sites (N-methyl/N-ethyl adjacent to an activating group) is 1. The molecule has 0 atom stereocenters. The second-order valence-electron chi connectivity index (χ2n) is 6.83. The van der Waals surface area contributed by atoms with E-state index >= 15 is 0 Å². The van der Waals surface area contributed by atoms with Gasteiger partial charge in [0.2, 0.25) is 0 Å². The normalized spacial score (nSPS) is 14.7. The minimum Gasteiger partial charge on any atom is -0.369 e. The first kappa shape index (κ1) is 18.5. The first-order valence-electron chi connectivity index (χ1n) is 9.29. The number of hydrogen-bond donors (Lipinski definition) is 2. The van der Waals surface area contributed by atoms with Gasteiger partial charge in [0.15, 0.2) is 5.13 Å². The first-order valence-corrected chi connectivity index (χ1v) is 10.2. The van der Waals surface area contributed by atoms with Crippen molar-refractivity contribution in [2.45, 2.75) is 0 Å². The molecule has 0 radical (unpaired) electrons. The zero-order valence-corrected chi connectivity index (χ0v) is 16.6. The number of nitrogens with zero attached hydrogens (tertiary/aromatic N) is 3. The fourth-order valence-electron chi connectivity index (χ4n) is 3.17. The zero-order valence-electron chi connectivity index (χ0n) is 15.8. The van der Waals surface area contributed by atoms with Crippen molar-refractivity contribution in [3.05, 3.63) is 65.7 Å². The van der Waals surface area contributed by atoms with E-state index in [0.717, 1.165) is 42.7 Å². The Morgan fingerprint density at radius 1 is 1.04 bits per heavy atom. The SMILES string of the molecule is CN1CCN(c2ccc(NC(=O)c3cccc(Nc4nccs4)c3)cc2)CC1. The quantitative estimate of drug-likeness (QED) is 0.689. The lowest BCUT2D eigenvalue weighted by atomic mass is 10.1. The smallest absolute Gasteiger partial charge is 0.255 e. The lowest BCUT2D eigenvalue weighted by molar-refractivity contribution is 0.102. The Balaban J connectivity index is 1.39. The standard InChI is InChI=1S/C21H23N5OS/c1-25-10-12-26(13-11-25)19-7-5-17(6-8-19)23-20(27)16-3-2-4-18(15-16)24-21-22-9-14-28-21/h2-9,14-15H,10-13H2,1H3,(H,22,24)(H,23,27). The van der Waals surface area contributed by atoms with E-state index in [-0.39, 0.29) is 5.91 Å². The van der Waals surface area contributed by atoms with Crippen molar-refractivity contribution in [2.75, 3.05) is 48.8 Å². The van der Waals surface area contributed by atoms with Crippen LogP contribution in [0, 0.1) is 0 Å². The van der Waals surface area contributed by atoms with Gasteiger partial charge in [-0.15, -0.1) is 11.3 Å². The molecule has 1 fully saturated rings. The number of rotatable bonds is 5. The number of carbonyl (C=O) groups is 1. The van der Waals surface area contributed by atoms with Crippen LogP contribution in [0.15, 0.2) is 60.1 Å². The van der Waals surface area contributed by atoms with Crippen molar-refractivity contribution in [1.82, 2.24) is 9.88 Å². The largest absolute Gasteiger partial charge is 0.369 e. The van der Waals surface area contributed by atoms with E-state index < -0.39 is 0 Å². The fourth-order valence-corrected chi connectivity index (χ4v) is 3.72. The van der Waals surface area contributed by atoms with E-state index in [0.29, 0.717) is 5.56 Å². The molecule has 0 spiro atoms. The molecule has 2 heterocycles. The van der Waals surface area contributed by atoms with Crippen LogP contribution in [0.1, 0.15) is 10.4 Å². The maximum Gasteiger partial charge on any atom is 0.255 e. The Morgan fingerprint density at radius 2 is 1.82 bits per heavy atom. The van der Waals surface area contributed by atoms with Crippen LogP contribution in [0.3, 0.4) is 0 Å². The van der Waals surface area contributed by atoms with E-state index in [1.54, 1.807) is 12.3 Å². The number of aromatic nitrogens is 1. The number of hydrogen-bond acceptors (Lipinski definition) is 6. The van der Waals surface area contributed by atoms with Crippen LogP contribution in [-0.2, 0) is 0 Å². The number of amides is 1. The monoisotopic (exact) mass is 393 g/mol. The third-order valence-electron chi connectivity index (χ3n) is 4.80. The molecule has 0 unspecified atom stereocenters. The van der Waals surface area contributed by atoms with Crippen molar-refractivity contribution in [2.24, 2.45) is 0 Å². The van der Waals surface area contributed by atoms with Crippen molar-refractivity contribution >= 4 is 39.4 Å². The van der Waals surface area contributed by atoms with Crippen LogP contribution in [0.5, 0.6) is 0 Å². The lowest BCUT2D eigenvalue weighted by Gasteiger charge is -2.34. The highest BCUT2D eigenvalue weighted by Gasteiger charge is 2.14. The molecular weight excluding hydrogens is 370 g/mol. The van der Waals surface area contributed by atoms with Crippen molar-refractivity contribution in [3.63, 3.8) is 0 Å². The molecule has 1 aliphatic heterocycles. The van der Waals surface area contributed by atoms with Gasteiger partial charge in [-0.25, -0.2) is 4.98 Å². The highest BCUT2D eigenvalue weighted by molar-refractivity contribution is 7.13. The molecule has 3 aromatic rings. The molecule has 6 nitrogen and oxygen atoms in total. The van der Waals surface area contributed by atoms with Gasteiger partial charge in [0.25, 0.3) is 5.91 Å². The molecule has 0 bridgehead atoms. The number of nitrogens with one attached hydrogen (secondary N) is 2. The van der Waals surface area contributed by atoms with E-state index in [1.165, 1.54) is 17.0 Å². The minimum absolute atomic E-state index is 0.130. The average Bonchev–Trinajstić information content (AvgIpc) is 3.22. The summed E-state index contributed by atoms with van der Waals surface area (Å²) in [6, 6.07) is 15.5. The van der Waals surface area contributed by atoms with Gasteiger partial charge in [0, 0.05) is 60.4 Å². The summed E-state index contributed by atoms with van der Waals surface area (Å²) in [5.74, 6) is -0.130. The van der Waals surface area contributed by atoms with Gasteiger partial charge in [-0.05, 0) is 49.5 Å². The van der Waals surface area contributed by atoms with Gasteiger partial charge in [0.1, 0.15) is 0 Å². The van der Waals surface area contributed by atoms with Crippen molar-refractivity contribution < 1.29 is 4.79 Å². The Morgan fingerprint density at radius 3 is 2.54 bits per heavy atom. The maximum absolute atomic E-state index is 12.6. The Hall–Kier alpha value is -2.90. The lowest BCUT2D eigenvalue weighted by Crippen LogP contribution is -2.44. The third-order valence-corrected chi connectivity index (χ3v) is 5.49. The first-order chi connectivity index (χ1) is 13.7. The molecule has 4 rings (SSSR count). The summed E-state index contributed by atoms with van der Waals surface area (Å²) in [5, 5.41) is 8.89. The number of benzene rings is 2. The molecular formula is C21H23N5OS. The second kappa shape index (κ2) is 8.41. The number of thiazole rings is 1. The van der Waals surface area contributed by atoms with Crippen LogP contribution < -0.4 is 15.5 Å². The fraction of sp³-hybridized carbons (Fsp3) is 0.238. The van der Waals surface area contributed by atoms with E-state index in [1.807, 2.05) is 35.7 Å². The zero-order chi connectivity index (χ0) is 19.3. The number of anilines is 4. The highest BCUT2D eigenvalue weighted by Crippen LogP contribution is 2.22. The molecule has 7 heteroatoms. The van der Waals surface area contributed by atoms with Gasteiger partial charge in [0.05, 0.1) is 0 Å². The van der Waals surface area contributed by atoms with Gasteiger partial charge < -0.3 is 20.4 Å². The molecule has 1 amide bonds. The summed E-state index contributed by atoms with van der Waals surface area (Å²) in [6.45, 7) is 4.20. The number of carbonyl (C=O) groups excluding carboxylic acids is 1. The topological polar surface area (TPSA) is 60.5 Å². The van der Waals surface area contributed by atoms with Crippen molar-refractivity contribution in [1.29, 1.82) is 0 Å². The molecule has 144 valence electrons. The average molecular weight is 394 g/mol. The predicted molar refractivity (Wildman–Crippen MR) is 116 cm³/mol. The molecule has 1 saturated heterocycles. The summed E-state index contributed by atoms with van der Waals surface area (Å²) in [6.07, 6.45) is 1.75. The molecule has 1 aromatic heterocycles. The van der Waals surface area contributed by atoms with Gasteiger partial charge in [-0.3, -0.25) is 4.79 Å². The molecule has 0 aliphatic carbocycles. The predicted octanol–water partition coefficient (Wildman–Crippen LogP) is 3.89. The molecule has 2 N–H and O–H groups in total. The minimum atomic E-state index is -0.130. The highest BCUT2D eigenvalue weighted by atomic mass is 32.1. The van der Waals surface area contributed by atoms with Crippen LogP contribution in [0.4, 0.5) is 22.2 Å². The van der Waals surface area contributed by atoms with Crippen LogP contribution in [0.25, 0.3) is 0 Å². The summed E-state index contributed by atoms with van der Waals surface area (Å²) in [7, 11) is 2.15. The van der Waals surface area contributed by atoms with Crippen LogP contribution >= 0.6 is 11.3 Å².